The Morgan fingerprint density at radius 3 is 3.05 bits per heavy atom. The number of ketones is 1. The van der Waals surface area contributed by atoms with Gasteiger partial charge in [-0.1, -0.05) is 13.8 Å². The van der Waals surface area contributed by atoms with Crippen molar-refractivity contribution in [2.24, 2.45) is 5.92 Å². The van der Waals surface area contributed by atoms with Crippen LogP contribution in [0.1, 0.15) is 37.3 Å². The number of aryl methyl sites for hydroxylation is 1. The highest BCUT2D eigenvalue weighted by Gasteiger charge is 2.35. The maximum atomic E-state index is 12.6. The van der Waals surface area contributed by atoms with Gasteiger partial charge in [-0.2, -0.15) is 0 Å². The first-order valence-electron chi connectivity index (χ1n) is 7.14. The van der Waals surface area contributed by atoms with E-state index < -0.39 is 0 Å². The van der Waals surface area contributed by atoms with E-state index in [1.54, 1.807) is 6.20 Å². The molecule has 0 aromatic carbocycles. The van der Waals surface area contributed by atoms with Gasteiger partial charge in [-0.3, -0.25) is 4.79 Å². The number of ether oxygens (including phenoxy) is 1. The molecule has 0 radical (unpaired) electrons. The van der Waals surface area contributed by atoms with Crippen LogP contribution in [-0.2, 0) is 11.3 Å². The van der Waals surface area contributed by atoms with Crippen LogP contribution >= 0.6 is 0 Å². The minimum Gasteiger partial charge on any atom is -0.379 e. The molecule has 0 aliphatic carbocycles. The van der Waals surface area contributed by atoms with Crippen molar-refractivity contribution >= 4 is 5.78 Å². The van der Waals surface area contributed by atoms with Gasteiger partial charge in [0.25, 0.3) is 0 Å². The minimum absolute atomic E-state index is 0.101. The normalized spacial score (nSPS) is 22.8. The second-order valence-electron chi connectivity index (χ2n) is 5.01. The Morgan fingerprint density at radius 2 is 2.32 bits per heavy atom. The summed E-state index contributed by atoms with van der Waals surface area (Å²) < 4.78 is 7.41. The van der Waals surface area contributed by atoms with Crippen LogP contribution in [0.25, 0.3) is 0 Å². The topological polar surface area (TPSA) is 56.1 Å². The molecular weight excluding hydrogens is 242 g/mol. The smallest absolute Gasteiger partial charge is 0.205 e. The first-order chi connectivity index (χ1) is 9.27. The number of imidazole rings is 1. The van der Waals surface area contributed by atoms with Crippen LogP contribution in [0.3, 0.4) is 0 Å². The molecule has 106 valence electrons. The van der Waals surface area contributed by atoms with Crippen LogP contribution in [0.15, 0.2) is 12.4 Å². The summed E-state index contributed by atoms with van der Waals surface area (Å²) in [6, 6.07) is 0.124. The third-order valence-electron chi connectivity index (χ3n) is 3.47. The van der Waals surface area contributed by atoms with E-state index in [0.29, 0.717) is 19.0 Å². The number of Topliss-reactive ketones (excluding diaryl/α,β-unsaturated/α-hetero) is 1. The maximum Gasteiger partial charge on any atom is 0.205 e. The fourth-order valence-electron chi connectivity index (χ4n) is 2.47. The average molecular weight is 265 g/mol. The second-order valence-corrected chi connectivity index (χ2v) is 5.01. The number of nitrogens with zero attached hydrogens (tertiary/aromatic N) is 2. The Kier molecular flexibility index (Phi) is 5.10. The van der Waals surface area contributed by atoms with Crippen molar-refractivity contribution in [1.29, 1.82) is 0 Å². The van der Waals surface area contributed by atoms with E-state index in [4.69, 9.17) is 4.74 Å². The monoisotopic (exact) mass is 265 g/mol. The summed E-state index contributed by atoms with van der Waals surface area (Å²) in [5.41, 5.74) is 0. The average Bonchev–Trinajstić information content (AvgIpc) is 3.04. The highest BCUT2D eigenvalue weighted by atomic mass is 16.5. The molecule has 2 rings (SSSR count). The van der Waals surface area contributed by atoms with E-state index in [9.17, 15) is 4.79 Å². The second kappa shape index (κ2) is 6.82. The first kappa shape index (κ1) is 14.2. The lowest BCUT2D eigenvalue weighted by molar-refractivity contribution is 0.0876. The van der Waals surface area contributed by atoms with Crippen molar-refractivity contribution in [3.63, 3.8) is 0 Å². The van der Waals surface area contributed by atoms with Crippen LogP contribution in [0.2, 0.25) is 0 Å². The summed E-state index contributed by atoms with van der Waals surface area (Å²) in [4.78, 5) is 16.8. The molecule has 0 amide bonds. The third-order valence-corrected chi connectivity index (χ3v) is 3.47. The molecule has 2 heterocycles. The molecule has 1 aliphatic heterocycles. The molecule has 0 bridgehead atoms. The molecule has 0 saturated carbocycles. The molecule has 1 fully saturated rings. The molecule has 0 spiro atoms. The predicted octanol–water partition coefficient (Wildman–Crippen LogP) is 1.49. The van der Waals surface area contributed by atoms with Gasteiger partial charge in [0.1, 0.15) is 0 Å². The molecule has 5 heteroatoms. The van der Waals surface area contributed by atoms with E-state index >= 15 is 0 Å². The number of carbonyl (C=O) groups excluding carboxylic acids is 1. The van der Waals surface area contributed by atoms with Crippen LogP contribution in [0, 0.1) is 5.92 Å². The summed E-state index contributed by atoms with van der Waals surface area (Å²) in [7, 11) is 0. The minimum atomic E-state index is -0.107. The summed E-state index contributed by atoms with van der Waals surface area (Å²) in [6.45, 7) is 7.08. The van der Waals surface area contributed by atoms with Crippen molar-refractivity contribution in [1.82, 2.24) is 14.9 Å². The Hall–Kier alpha value is -1.20. The summed E-state index contributed by atoms with van der Waals surface area (Å²) >= 11 is 0. The standard InChI is InChI=1S/C14H23N3O2/c1-3-5-15-12-10-19-9-11(12)13(18)14-16-6-8-17(14)7-4-2/h6,8,11-12,15H,3-5,7,9-10H2,1-2H3. The number of carbonyl (C=O) groups is 1. The molecule has 1 saturated heterocycles. The van der Waals surface area contributed by atoms with E-state index in [0.717, 1.165) is 25.9 Å². The fourth-order valence-corrected chi connectivity index (χ4v) is 2.47. The van der Waals surface area contributed by atoms with Crippen molar-refractivity contribution in [2.45, 2.75) is 39.3 Å². The van der Waals surface area contributed by atoms with Crippen LogP contribution in [0.4, 0.5) is 0 Å². The summed E-state index contributed by atoms with van der Waals surface area (Å²) in [5.74, 6) is 0.565. The molecule has 1 N–H and O–H groups in total. The van der Waals surface area contributed by atoms with Gasteiger partial charge in [0.2, 0.25) is 5.78 Å². The summed E-state index contributed by atoms with van der Waals surface area (Å²) in [5, 5.41) is 3.39. The number of rotatable bonds is 7. The van der Waals surface area contributed by atoms with Crippen LogP contribution < -0.4 is 5.32 Å². The third kappa shape index (κ3) is 3.22. The number of nitrogens with one attached hydrogen (secondary N) is 1. The van der Waals surface area contributed by atoms with Gasteiger partial charge < -0.3 is 14.6 Å². The Balaban J connectivity index is 2.07. The molecule has 1 aromatic rings. The molecule has 1 aromatic heterocycles. The van der Waals surface area contributed by atoms with Gasteiger partial charge in [0.05, 0.1) is 19.1 Å². The predicted molar refractivity (Wildman–Crippen MR) is 73.2 cm³/mol. The van der Waals surface area contributed by atoms with Crippen molar-refractivity contribution in [3.05, 3.63) is 18.2 Å². The lowest BCUT2D eigenvalue weighted by atomic mass is 9.97. The van der Waals surface area contributed by atoms with Crippen LogP contribution in [-0.4, -0.2) is 41.1 Å². The maximum absolute atomic E-state index is 12.6. The van der Waals surface area contributed by atoms with E-state index in [1.807, 2.05) is 10.8 Å². The molecule has 2 atom stereocenters. The molecule has 19 heavy (non-hydrogen) atoms. The number of hydrogen-bond donors (Lipinski definition) is 1. The van der Waals surface area contributed by atoms with Gasteiger partial charge in [-0.15, -0.1) is 0 Å². The number of aromatic nitrogens is 2. The molecule has 5 nitrogen and oxygen atoms in total. The van der Waals surface area contributed by atoms with Gasteiger partial charge in [0.15, 0.2) is 5.82 Å². The molecular formula is C14H23N3O2. The SMILES string of the molecule is CCCNC1COCC1C(=O)c1nccn1CCC. The van der Waals surface area contributed by atoms with Crippen LogP contribution in [0.5, 0.6) is 0 Å². The molecule has 2 unspecified atom stereocenters. The fraction of sp³-hybridized carbons (Fsp3) is 0.714. The van der Waals surface area contributed by atoms with Gasteiger partial charge >= 0.3 is 0 Å². The van der Waals surface area contributed by atoms with E-state index in [2.05, 4.69) is 24.1 Å². The largest absolute Gasteiger partial charge is 0.379 e. The lowest BCUT2D eigenvalue weighted by Crippen LogP contribution is -2.40. The zero-order chi connectivity index (χ0) is 13.7. The highest BCUT2D eigenvalue weighted by molar-refractivity contribution is 5.95. The van der Waals surface area contributed by atoms with Crippen molar-refractivity contribution in [3.8, 4) is 0 Å². The van der Waals surface area contributed by atoms with Crippen molar-refractivity contribution < 1.29 is 9.53 Å². The van der Waals surface area contributed by atoms with E-state index in [1.165, 1.54) is 0 Å². The van der Waals surface area contributed by atoms with Crippen molar-refractivity contribution in [2.75, 3.05) is 19.8 Å². The Bertz CT molecular complexity index is 417. The zero-order valence-corrected chi connectivity index (χ0v) is 11.8. The highest BCUT2D eigenvalue weighted by Crippen LogP contribution is 2.19. The van der Waals surface area contributed by atoms with Gasteiger partial charge in [-0.25, -0.2) is 4.98 Å². The van der Waals surface area contributed by atoms with E-state index in [-0.39, 0.29) is 17.7 Å². The summed E-state index contributed by atoms with van der Waals surface area (Å²) in [6.07, 6.45) is 5.63. The van der Waals surface area contributed by atoms with Gasteiger partial charge in [-0.05, 0) is 19.4 Å². The zero-order valence-electron chi connectivity index (χ0n) is 11.8. The number of hydrogen-bond acceptors (Lipinski definition) is 4. The van der Waals surface area contributed by atoms with Gasteiger partial charge in [0, 0.05) is 25.0 Å². The Labute approximate surface area is 114 Å². The lowest BCUT2D eigenvalue weighted by Gasteiger charge is -2.17. The molecule has 1 aliphatic rings. The quantitative estimate of drug-likeness (QED) is 0.759. The first-order valence-corrected chi connectivity index (χ1v) is 7.14. The Morgan fingerprint density at radius 1 is 1.47 bits per heavy atom.